The van der Waals surface area contributed by atoms with E-state index < -0.39 is 0 Å². The molecule has 5 heteroatoms. The van der Waals surface area contributed by atoms with Crippen LogP contribution in [0.4, 0.5) is 17.1 Å². The van der Waals surface area contributed by atoms with E-state index in [0.29, 0.717) is 5.89 Å². The van der Waals surface area contributed by atoms with E-state index in [4.69, 9.17) is 14.4 Å². The molecule has 3 aromatic heterocycles. The molecule has 0 aliphatic rings. The number of pyridine rings is 2. The Labute approximate surface area is 277 Å². The highest BCUT2D eigenvalue weighted by Gasteiger charge is 2.16. The average molecular weight is 617 g/mol. The first-order valence-corrected chi connectivity index (χ1v) is 15.9. The van der Waals surface area contributed by atoms with Crippen LogP contribution in [0.15, 0.2) is 174 Å². The maximum atomic E-state index is 6.06. The third kappa shape index (κ3) is 5.04. The number of nitrogens with zero attached hydrogens (tertiary/aromatic N) is 4. The quantitative estimate of drug-likeness (QED) is 0.186. The monoisotopic (exact) mass is 616 g/mol. The van der Waals surface area contributed by atoms with Crippen molar-refractivity contribution in [3.63, 3.8) is 0 Å². The molecule has 0 aliphatic carbocycles. The van der Waals surface area contributed by atoms with Crippen molar-refractivity contribution in [2.45, 2.75) is 0 Å². The molecule has 0 aliphatic heterocycles. The Hall–Kier alpha value is -6.59. The summed E-state index contributed by atoms with van der Waals surface area (Å²) in [5.74, 6) is 0.609. The summed E-state index contributed by atoms with van der Waals surface area (Å²) in [5, 5.41) is 3.44. The molecule has 9 rings (SSSR count). The van der Waals surface area contributed by atoms with Crippen LogP contribution in [0.1, 0.15) is 0 Å². The zero-order chi connectivity index (χ0) is 31.9. The van der Waals surface area contributed by atoms with Crippen LogP contribution in [0.3, 0.4) is 0 Å². The molecule has 0 saturated carbocycles. The van der Waals surface area contributed by atoms with Gasteiger partial charge in [-0.25, -0.2) is 9.97 Å². The lowest BCUT2D eigenvalue weighted by Gasteiger charge is -2.26. The predicted molar refractivity (Wildman–Crippen MR) is 196 cm³/mol. The van der Waals surface area contributed by atoms with Crippen LogP contribution < -0.4 is 4.90 Å². The molecule has 6 aromatic carbocycles. The minimum atomic E-state index is 0.609. The van der Waals surface area contributed by atoms with E-state index in [0.717, 1.165) is 67.1 Å². The number of hydrogen-bond donors (Lipinski definition) is 0. The topological polar surface area (TPSA) is 55.1 Å². The van der Waals surface area contributed by atoms with Gasteiger partial charge in [0, 0.05) is 45.3 Å². The van der Waals surface area contributed by atoms with E-state index >= 15 is 0 Å². The Morgan fingerprint density at radius 2 is 1.12 bits per heavy atom. The van der Waals surface area contributed by atoms with Crippen molar-refractivity contribution < 1.29 is 4.42 Å². The number of anilines is 3. The number of fused-ring (bicyclic) bond motifs is 3. The Bertz CT molecular complexity index is 2520. The van der Waals surface area contributed by atoms with Gasteiger partial charge in [-0.05, 0) is 83.6 Å². The van der Waals surface area contributed by atoms with Crippen LogP contribution in [0, 0.1) is 0 Å². The molecular formula is C43H28N4O. The van der Waals surface area contributed by atoms with Gasteiger partial charge in [0.15, 0.2) is 5.58 Å². The summed E-state index contributed by atoms with van der Waals surface area (Å²) in [7, 11) is 0. The number of rotatable bonds is 6. The summed E-state index contributed by atoms with van der Waals surface area (Å²) in [6, 6.07) is 56.3. The van der Waals surface area contributed by atoms with Crippen LogP contribution in [-0.4, -0.2) is 15.0 Å². The molecule has 226 valence electrons. The van der Waals surface area contributed by atoms with Gasteiger partial charge in [0.05, 0.1) is 16.9 Å². The molecule has 0 amide bonds. The molecular weight excluding hydrogens is 589 g/mol. The molecule has 9 aromatic rings. The lowest BCUT2D eigenvalue weighted by atomic mass is 10.0. The first-order valence-electron chi connectivity index (χ1n) is 15.9. The van der Waals surface area contributed by atoms with Gasteiger partial charge in [0.25, 0.3) is 0 Å². The highest BCUT2D eigenvalue weighted by molar-refractivity contribution is 5.94. The van der Waals surface area contributed by atoms with Crippen molar-refractivity contribution in [3.05, 3.63) is 170 Å². The normalized spacial score (nSPS) is 11.3. The molecule has 0 atom stereocenters. The summed E-state index contributed by atoms with van der Waals surface area (Å²) >= 11 is 0. The number of aromatic nitrogens is 3. The lowest BCUT2D eigenvalue weighted by Crippen LogP contribution is -2.09. The third-order valence-electron chi connectivity index (χ3n) is 8.71. The minimum Gasteiger partial charge on any atom is -0.436 e. The Morgan fingerprint density at radius 3 is 1.92 bits per heavy atom. The molecule has 0 fully saturated rings. The second kappa shape index (κ2) is 11.6. The summed E-state index contributed by atoms with van der Waals surface area (Å²) in [6.07, 6.45) is 1.83. The summed E-state index contributed by atoms with van der Waals surface area (Å²) in [4.78, 5) is 16.8. The van der Waals surface area contributed by atoms with Gasteiger partial charge < -0.3 is 9.32 Å². The van der Waals surface area contributed by atoms with Crippen molar-refractivity contribution in [2.24, 2.45) is 0 Å². The van der Waals surface area contributed by atoms with Gasteiger partial charge in [0.1, 0.15) is 5.52 Å². The van der Waals surface area contributed by atoms with Gasteiger partial charge in [-0.15, -0.1) is 0 Å². The molecule has 5 nitrogen and oxygen atoms in total. The van der Waals surface area contributed by atoms with Crippen LogP contribution in [0.25, 0.3) is 66.7 Å². The van der Waals surface area contributed by atoms with E-state index in [1.807, 2.05) is 54.7 Å². The molecule has 0 unspecified atom stereocenters. The van der Waals surface area contributed by atoms with Crippen molar-refractivity contribution >= 4 is 49.8 Å². The van der Waals surface area contributed by atoms with Crippen LogP contribution in [-0.2, 0) is 0 Å². The number of oxazole rings is 1. The smallest absolute Gasteiger partial charge is 0.227 e. The maximum Gasteiger partial charge on any atom is 0.227 e. The largest absolute Gasteiger partial charge is 0.436 e. The fourth-order valence-corrected chi connectivity index (χ4v) is 6.32. The SMILES string of the molecule is c1ccc(-c2nc(-c3ccc(N(c4ccc(-c5nc6ccccc6o5)cc4)c4ccc5ccccc5c4)cc3)cc3cccnc23)cc1. The molecule has 48 heavy (non-hydrogen) atoms. The lowest BCUT2D eigenvalue weighted by molar-refractivity contribution is 0.620. The Balaban J connectivity index is 1.13. The highest BCUT2D eigenvalue weighted by Crippen LogP contribution is 2.38. The van der Waals surface area contributed by atoms with Crippen LogP contribution >= 0.6 is 0 Å². The van der Waals surface area contributed by atoms with Gasteiger partial charge in [-0.3, -0.25) is 4.98 Å². The highest BCUT2D eigenvalue weighted by atomic mass is 16.3. The zero-order valence-corrected chi connectivity index (χ0v) is 25.9. The molecule has 0 spiro atoms. The Morgan fingerprint density at radius 1 is 0.458 bits per heavy atom. The Kier molecular flexibility index (Phi) is 6.72. The van der Waals surface area contributed by atoms with Gasteiger partial charge in [-0.2, -0.15) is 0 Å². The fourth-order valence-electron chi connectivity index (χ4n) is 6.32. The first kappa shape index (κ1) is 27.7. The standard InChI is InChI=1S/C43H28N4O/c1-2-10-31(11-3-1)42-41-34(13-8-26-44-41)28-39(45-42)30-17-21-35(22-18-30)47(37-25-16-29-9-4-5-12-33(29)27-37)36-23-19-32(20-24-36)43-46-38-14-6-7-15-40(38)48-43/h1-28H. The second-order valence-electron chi connectivity index (χ2n) is 11.7. The summed E-state index contributed by atoms with van der Waals surface area (Å²) in [6.45, 7) is 0. The molecule has 0 saturated heterocycles. The summed E-state index contributed by atoms with van der Waals surface area (Å²) < 4.78 is 6.06. The van der Waals surface area contributed by atoms with E-state index in [-0.39, 0.29) is 0 Å². The second-order valence-corrected chi connectivity index (χ2v) is 11.7. The van der Waals surface area contributed by atoms with Crippen molar-refractivity contribution in [1.82, 2.24) is 15.0 Å². The van der Waals surface area contributed by atoms with E-state index in [2.05, 4.69) is 125 Å². The summed E-state index contributed by atoms with van der Waals surface area (Å²) in [5.41, 5.74) is 10.4. The number of para-hydroxylation sites is 2. The molecule has 0 radical (unpaired) electrons. The van der Waals surface area contributed by atoms with E-state index in [1.54, 1.807) is 0 Å². The first-order chi connectivity index (χ1) is 23.8. The fraction of sp³-hybridized carbons (Fsp3) is 0. The van der Waals surface area contributed by atoms with Crippen LogP contribution in [0.5, 0.6) is 0 Å². The van der Waals surface area contributed by atoms with E-state index in [9.17, 15) is 0 Å². The average Bonchev–Trinajstić information content (AvgIpc) is 3.60. The molecule has 0 N–H and O–H groups in total. The predicted octanol–water partition coefficient (Wildman–Crippen LogP) is 11.4. The van der Waals surface area contributed by atoms with Crippen molar-refractivity contribution in [3.8, 4) is 34.0 Å². The van der Waals surface area contributed by atoms with Gasteiger partial charge in [-0.1, -0.05) is 91.0 Å². The van der Waals surface area contributed by atoms with Crippen molar-refractivity contribution in [1.29, 1.82) is 0 Å². The molecule has 3 heterocycles. The number of benzene rings is 6. The zero-order valence-electron chi connectivity index (χ0n) is 25.9. The molecule has 0 bridgehead atoms. The van der Waals surface area contributed by atoms with Gasteiger partial charge in [0.2, 0.25) is 5.89 Å². The van der Waals surface area contributed by atoms with Crippen molar-refractivity contribution in [2.75, 3.05) is 4.90 Å². The minimum absolute atomic E-state index is 0.609. The third-order valence-corrected chi connectivity index (χ3v) is 8.71. The van der Waals surface area contributed by atoms with Gasteiger partial charge >= 0.3 is 0 Å². The number of hydrogen-bond acceptors (Lipinski definition) is 5. The van der Waals surface area contributed by atoms with Crippen LogP contribution in [0.2, 0.25) is 0 Å². The van der Waals surface area contributed by atoms with E-state index in [1.165, 1.54) is 10.8 Å². The maximum absolute atomic E-state index is 6.06.